The lowest BCUT2D eigenvalue weighted by Crippen LogP contribution is -2.51. The Kier molecular flexibility index (Phi) is 6.13. The first-order valence-electron chi connectivity index (χ1n) is 9.59. The molecule has 1 N–H and O–H groups in total. The van der Waals surface area contributed by atoms with Crippen LogP contribution in [0.25, 0.3) is 0 Å². The van der Waals surface area contributed by atoms with E-state index < -0.39 is 12.1 Å². The molecule has 0 radical (unpaired) electrons. The van der Waals surface area contributed by atoms with Crippen molar-refractivity contribution in [2.75, 3.05) is 39.8 Å². The molecule has 0 aromatic rings. The number of rotatable bonds is 4. The lowest BCUT2D eigenvalue weighted by molar-refractivity contribution is -0.148. The minimum absolute atomic E-state index is 0.0161. The predicted octanol–water partition coefficient (Wildman–Crippen LogP) is -0.402. The second-order valence-electron chi connectivity index (χ2n) is 7.46. The van der Waals surface area contributed by atoms with E-state index in [1.165, 1.54) is 4.90 Å². The van der Waals surface area contributed by atoms with Crippen LogP contribution in [0.1, 0.15) is 38.5 Å². The molecule has 8 heteroatoms. The van der Waals surface area contributed by atoms with Crippen molar-refractivity contribution in [2.45, 2.75) is 56.8 Å². The van der Waals surface area contributed by atoms with Crippen molar-refractivity contribution >= 4 is 17.7 Å². The number of hydrogen-bond acceptors (Lipinski definition) is 5. The molecular formula is C18H29N3O5. The molecule has 3 rings (SSSR count). The monoisotopic (exact) mass is 367 g/mol. The molecule has 3 aliphatic heterocycles. The van der Waals surface area contributed by atoms with Crippen molar-refractivity contribution in [1.82, 2.24) is 14.7 Å². The molecule has 0 aromatic carbocycles. The maximum Gasteiger partial charge on any atom is 0.251 e. The van der Waals surface area contributed by atoms with Crippen LogP contribution in [0.5, 0.6) is 0 Å². The van der Waals surface area contributed by atoms with E-state index in [4.69, 9.17) is 4.74 Å². The average molecular weight is 367 g/mol. The van der Waals surface area contributed by atoms with Crippen molar-refractivity contribution in [3.63, 3.8) is 0 Å². The Morgan fingerprint density at radius 3 is 2.54 bits per heavy atom. The maximum atomic E-state index is 12.9. The molecule has 0 bridgehead atoms. The topological polar surface area (TPSA) is 90.4 Å². The summed E-state index contributed by atoms with van der Waals surface area (Å²) in [5.74, 6) is -0.650. The number of methoxy groups -OCH3 is 1. The number of aliphatic hydroxyl groups excluding tert-OH is 1. The highest BCUT2D eigenvalue weighted by molar-refractivity contribution is 5.91. The van der Waals surface area contributed by atoms with Crippen molar-refractivity contribution in [1.29, 1.82) is 0 Å². The van der Waals surface area contributed by atoms with Gasteiger partial charge in [0.1, 0.15) is 12.1 Å². The number of hydrogen-bond donors (Lipinski definition) is 1. The van der Waals surface area contributed by atoms with E-state index in [-0.39, 0.29) is 30.4 Å². The maximum absolute atomic E-state index is 12.9. The van der Waals surface area contributed by atoms with Gasteiger partial charge in [-0.25, -0.2) is 0 Å². The molecule has 3 amide bonds. The first-order chi connectivity index (χ1) is 12.5. The summed E-state index contributed by atoms with van der Waals surface area (Å²) >= 11 is 0. The van der Waals surface area contributed by atoms with E-state index in [9.17, 15) is 19.5 Å². The largest absolute Gasteiger partial charge is 0.383 e. The Morgan fingerprint density at radius 1 is 1.15 bits per heavy atom. The molecular weight excluding hydrogens is 338 g/mol. The van der Waals surface area contributed by atoms with Gasteiger partial charge in [-0.2, -0.15) is 0 Å². The van der Waals surface area contributed by atoms with Gasteiger partial charge in [-0.3, -0.25) is 14.4 Å². The molecule has 3 aliphatic rings. The Balaban J connectivity index is 1.68. The Labute approximate surface area is 154 Å². The predicted molar refractivity (Wildman–Crippen MR) is 93.2 cm³/mol. The summed E-state index contributed by atoms with van der Waals surface area (Å²) in [6.45, 7) is 2.23. The third-order valence-electron chi connectivity index (χ3n) is 5.70. The molecule has 0 saturated carbocycles. The lowest BCUT2D eigenvalue weighted by Gasteiger charge is -2.30. The van der Waals surface area contributed by atoms with Crippen LogP contribution < -0.4 is 0 Å². The fourth-order valence-electron chi connectivity index (χ4n) is 4.12. The third kappa shape index (κ3) is 4.01. The minimum atomic E-state index is -1.03. The van der Waals surface area contributed by atoms with Crippen LogP contribution in [0.3, 0.4) is 0 Å². The summed E-state index contributed by atoms with van der Waals surface area (Å²) in [4.78, 5) is 42.8. The molecule has 3 atom stereocenters. The van der Waals surface area contributed by atoms with E-state index in [1.54, 1.807) is 12.0 Å². The second kappa shape index (κ2) is 8.35. The van der Waals surface area contributed by atoms with Gasteiger partial charge in [-0.15, -0.1) is 0 Å². The summed E-state index contributed by atoms with van der Waals surface area (Å²) in [5, 5.41) is 9.87. The normalized spacial score (nSPS) is 30.0. The quantitative estimate of drug-likeness (QED) is 0.730. The fourth-order valence-corrected chi connectivity index (χ4v) is 4.12. The first kappa shape index (κ1) is 19.1. The number of likely N-dealkylation sites (tertiary alicyclic amines) is 3. The second-order valence-corrected chi connectivity index (χ2v) is 7.46. The fraction of sp³-hybridized carbons (Fsp3) is 0.833. The standard InChI is InChI=1S/C18H29N3O5/c1-26-13-10-14(17(24)19-7-4-5-8-19)21(11-13)16(23)12-20-9-3-2-6-15(22)18(20)25/h13-15,22H,2-12H2,1H3/t13-,14-,15?/m0/s1. The highest BCUT2D eigenvalue weighted by atomic mass is 16.5. The van der Waals surface area contributed by atoms with Gasteiger partial charge in [0.15, 0.2) is 0 Å². The molecule has 0 aromatic heterocycles. The number of amides is 3. The molecule has 8 nitrogen and oxygen atoms in total. The molecule has 3 fully saturated rings. The number of nitrogens with zero attached hydrogens (tertiary/aromatic N) is 3. The summed E-state index contributed by atoms with van der Waals surface area (Å²) < 4.78 is 5.40. The van der Waals surface area contributed by atoms with Crippen LogP contribution in [-0.2, 0) is 19.1 Å². The minimum Gasteiger partial charge on any atom is -0.383 e. The van der Waals surface area contributed by atoms with Crippen LogP contribution >= 0.6 is 0 Å². The van der Waals surface area contributed by atoms with Gasteiger partial charge in [0.05, 0.1) is 12.6 Å². The van der Waals surface area contributed by atoms with Crippen LogP contribution in [0.15, 0.2) is 0 Å². The van der Waals surface area contributed by atoms with Gasteiger partial charge >= 0.3 is 0 Å². The zero-order chi connectivity index (χ0) is 18.7. The zero-order valence-corrected chi connectivity index (χ0v) is 15.4. The van der Waals surface area contributed by atoms with Crippen molar-refractivity contribution in [3.8, 4) is 0 Å². The number of ether oxygens (including phenoxy) is 1. The van der Waals surface area contributed by atoms with E-state index in [2.05, 4.69) is 0 Å². The first-order valence-corrected chi connectivity index (χ1v) is 9.59. The van der Waals surface area contributed by atoms with Gasteiger partial charge < -0.3 is 24.5 Å². The highest BCUT2D eigenvalue weighted by Crippen LogP contribution is 2.24. The van der Waals surface area contributed by atoms with Gasteiger partial charge in [0, 0.05) is 39.7 Å². The summed E-state index contributed by atoms with van der Waals surface area (Å²) in [7, 11) is 1.59. The van der Waals surface area contributed by atoms with E-state index in [0.29, 0.717) is 25.9 Å². The molecule has 0 spiro atoms. The molecule has 26 heavy (non-hydrogen) atoms. The smallest absolute Gasteiger partial charge is 0.251 e. The van der Waals surface area contributed by atoms with Crippen molar-refractivity contribution < 1.29 is 24.2 Å². The third-order valence-corrected chi connectivity index (χ3v) is 5.70. The summed E-state index contributed by atoms with van der Waals surface area (Å²) in [6, 6.07) is -0.516. The Bertz CT molecular complexity index is 549. The van der Waals surface area contributed by atoms with Gasteiger partial charge in [-0.1, -0.05) is 0 Å². The Hall–Kier alpha value is -1.67. The van der Waals surface area contributed by atoms with Crippen molar-refractivity contribution in [3.05, 3.63) is 0 Å². The summed E-state index contributed by atoms with van der Waals surface area (Å²) in [6.07, 6.45) is 3.28. The molecule has 3 heterocycles. The van der Waals surface area contributed by atoms with Crippen molar-refractivity contribution in [2.24, 2.45) is 0 Å². The van der Waals surface area contributed by atoms with Crippen LogP contribution in [0.2, 0.25) is 0 Å². The van der Waals surface area contributed by atoms with Gasteiger partial charge in [0.25, 0.3) is 5.91 Å². The Morgan fingerprint density at radius 2 is 1.85 bits per heavy atom. The highest BCUT2D eigenvalue weighted by Gasteiger charge is 2.42. The van der Waals surface area contributed by atoms with Gasteiger partial charge in [-0.05, 0) is 32.1 Å². The lowest BCUT2D eigenvalue weighted by atomic mass is 10.1. The number of aliphatic hydroxyl groups is 1. The van der Waals surface area contributed by atoms with Crippen LogP contribution in [0.4, 0.5) is 0 Å². The van der Waals surface area contributed by atoms with E-state index >= 15 is 0 Å². The molecule has 0 aliphatic carbocycles. The van der Waals surface area contributed by atoms with Crippen LogP contribution in [-0.4, -0.2) is 95.6 Å². The average Bonchev–Trinajstić information content (AvgIpc) is 3.29. The summed E-state index contributed by atoms with van der Waals surface area (Å²) in [5.41, 5.74) is 0. The van der Waals surface area contributed by atoms with Crippen LogP contribution in [0, 0.1) is 0 Å². The van der Waals surface area contributed by atoms with E-state index in [1.807, 2.05) is 4.90 Å². The van der Waals surface area contributed by atoms with Gasteiger partial charge in [0.2, 0.25) is 11.8 Å². The molecule has 146 valence electrons. The zero-order valence-electron chi connectivity index (χ0n) is 15.4. The molecule has 3 saturated heterocycles. The number of carbonyl (C=O) groups is 3. The number of carbonyl (C=O) groups excluding carboxylic acids is 3. The van der Waals surface area contributed by atoms with E-state index in [0.717, 1.165) is 38.8 Å². The SMILES string of the molecule is CO[C@H]1C[C@@H](C(=O)N2CCCC2)N(C(=O)CN2CCCCC(O)C2=O)C1. The molecule has 1 unspecified atom stereocenters.